The summed E-state index contributed by atoms with van der Waals surface area (Å²) in [6.07, 6.45) is 3.33. The van der Waals surface area contributed by atoms with E-state index in [1.54, 1.807) is 0 Å². The van der Waals surface area contributed by atoms with Gasteiger partial charge in [-0.2, -0.15) is 0 Å². The van der Waals surface area contributed by atoms with Crippen LogP contribution in [0.25, 0.3) is 0 Å². The molecular weight excluding hydrogens is 272 g/mol. The molecule has 0 saturated heterocycles. The van der Waals surface area contributed by atoms with E-state index < -0.39 is 0 Å². The highest BCUT2D eigenvalue weighted by molar-refractivity contribution is 5.97. The van der Waals surface area contributed by atoms with E-state index in [1.165, 1.54) is 12.0 Å². The Balaban J connectivity index is 0.00000147. The van der Waals surface area contributed by atoms with Crippen LogP contribution in [-0.4, -0.2) is 19.0 Å². The number of halogens is 1. The number of carbonyl (C=O) groups is 1. The summed E-state index contributed by atoms with van der Waals surface area (Å²) in [5.74, 6) is 0.734. The minimum atomic E-state index is 0. The maximum Gasteiger partial charge on any atom is 0.251 e. The van der Waals surface area contributed by atoms with Gasteiger partial charge in [-0.15, -0.1) is 12.4 Å². The largest absolute Gasteiger partial charge is 0.385 e. The van der Waals surface area contributed by atoms with Gasteiger partial charge in [0.15, 0.2) is 0 Å². The van der Waals surface area contributed by atoms with Crippen molar-refractivity contribution >= 4 is 24.0 Å². The molecule has 1 fully saturated rings. The van der Waals surface area contributed by atoms with Crippen LogP contribution in [-0.2, 0) is 6.42 Å². The van der Waals surface area contributed by atoms with Crippen molar-refractivity contribution in [3.8, 4) is 0 Å². The van der Waals surface area contributed by atoms with Gasteiger partial charge >= 0.3 is 0 Å². The zero-order valence-corrected chi connectivity index (χ0v) is 13.0. The van der Waals surface area contributed by atoms with Gasteiger partial charge in [0.25, 0.3) is 5.91 Å². The summed E-state index contributed by atoms with van der Waals surface area (Å²) >= 11 is 0. The van der Waals surface area contributed by atoms with E-state index in [0.717, 1.165) is 37.2 Å². The molecule has 1 unspecified atom stereocenters. The average molecular weight is 295 g/mol. The molecule has 20 heavy (non-hydrogen) atoms. The third-order valence-electron chi connectivity index (χ3n) is 4.57. The van der Waals surface area contributed by atoms with Crippen molar-refractivity contribution in [3.05, 3.63) is 29.3 Å². The van der Waals surface area contributed by atoms with Gasteiger partial charge < -0.3 is 10.6 Å². The second-order valence-corrected chi connectivity index (χ2v) is 6.46. The van der Waals surface area contributed by atoms with E-state index in [0.29, 0.717) is 11.3 Å². The first-order chi connectivity index (χ1) is 9.08. The summed E-state index contributed by atoms with van der Waals surface area (Å²) in [7, 11) is 0. The average Bonchev–Trinajstić information content (AvgIpc) is 3.03. The van der Waals surface area contributed by atoms with Gasteiger partial charge in [0, 0.05) is 24.3 Å². The van der Waals surface area contributed by atoms with Crippen molar-refractivity contribution in [2.75, 3.05) is 18.4 Å². The fraction of sp³-hybridized carbons (Fsp3) is 0.562. The molecule has 0 spiro atoms. The third kappa shape index (κ3) is 2.93. The van der Waals surface area contributed by atoms with E-state index in [1.807, 2.05) is 12.1 Å². The lowest BCUT2D eigenvalue weighted by Crippen LogP contribution is -2.28. The number of fused-ring (bicyclic) bond motifs is 1. The first kappa shape index (κ1) is 15.2. The van der Waals surface area contributed by atoms with Crippen LogP contribution in [0.4, 0.5) is 5.69 Å². The van der Waals surface area contributed by atoms with Gasteiger partial charge in [0.05, 0.1) is 0 Å². The molecule has 1 aliphatic carbocycles. The zero-order chi connectivity index (χ0) is 13.5. The zero-order valence-electron chi connectivity index (χ0n) is 12.2. The summed E-state index contributed by atoms with van der Waals surface area (Å²) in [5, 5.41) is 6.47. The van der Waals surface area contributed by atoms with Crippen molar-refractivity contribution in [3.63, 3.8) is 0 Å². The summed E-state index contributed by atoms with van der Waals surface area (Å²) in [5.41, 5.74) is 3.58. The number of nitrogens with one attached hydrogen (secondary N) is 2. The molecule has 1 heterocycles. The smallest absolute Gasteiger partial charge is 0.251 e. The lowest BCUT2D eigenvalue weighted by Gasteiger charge is -2.20. The van der Waals surface area contributed by atoms with Gasteiger partial charge in [0.1, 0.15) is 0 Å². The van der Waals surface area contributed by atoms with E-state index in [-0.39, 0.29) is 18.3 Å². The molecule has 110 valence electrons. The van der Waals surface area contributed by atoms with Crippen molar-refractivity contribution in [2.45, 2.75) is 33.1 Å². The quantitative estimate of drug-likeness (QED) is 0.898. The molecule has 1 aliphatic heterocycles. The summed E-state index contributed by atoms with van der Waals surface area (Å²) in [6.45, 7) is 6.34. The second kappa shape index (κ2) is 5.65. The molecule has 4 heteroatoms. The van der Waals surface area contributed by atoms with Crippen LogP contribution in [0.3, 0.4) is 0 Å². The molecule has 0 radical (unpaired) electrons. The number of amides is 1. The molecular formula is C16H23ClN2O. The van der Waals surface area contributed by atoms with Crippen LogP contribution in [0.2, 0.25) is 0 Å². The van der Waals surface area contributed by atoms with Crippen LogP contribution in [0.1, 0.15) is 42.6 Å². The molecule has 0 bridgehead atoms. The van der Waals surface area contributed by atoms with Crippen LogP contribution >= 0.6 is 12.4 Å². The van der Waals surface area contributed by atoms with Crippen LogP contribution in [0.15, 0.2) is 18.2 Å². The van der Waals surface area contributed by atoms with E-state index in [9.17, 15) is 4.79 Å². The van der Waals surface area contributed by atoms with Crippen molar-refractivity contribution in [1.82, 2.24) is 5.32 Å². The Morgan fingerprint density at radius 2 is 2.20 bits per heavy atom. The number of anilines is 1. The van der Waals surface area contributed by atoms with E-state index in [4.69, 9.17) is 0 Å². The van der Waals surface area contributed by atoms with E-state index >= 15 is 0 Å². The first-order valence-corrected chi connectivity index (χ1v) is 7.22. The molecule has 1 aromatic rings. The third-order valence-corrected chi connectivity index (χ3v) is 4.57. The Labute approximate surface area is 126 Å². The fourth-order valence-corrected chi connectivity index (χ4v) is 2.96. The molecule has 1 saturated carbocycles. The predicted octanol–water partition coefficient (Wildman–Crippen LogP) is 3.24. The highest BCUT2D eigenvalue weighted by Crippen LogP contribution is 2.51. The summed E-state index contributed by atoms with van der Waals surface area (Å²) in [4.78, 5) is 12.3. The number of carbonyl (C=O) groups excluding carboxylic acids is 1. The lowest BCUT2D eigenvalue weighted by molar-refractivity contribution is 0.0949. The number of rotatable bonds is 3. The van der Waals surface area contributed by atoms with Gasteiger partial charge in [-0.05, 0) is 48.3 Å². The maximum absolute atomic E-state index is 12.3. The molecule has 0 aromatic heterocycles. The monoisotopic (exact) mass is 294 g/mol. The Kier molecular flexibility index (Phi) is 4.28. The SMILES string of the molecule is CC1(C)CC1CNC(=O)c1cccc2c1CCCN2.Cl. The second-order valence-electron chi connectivity index (χ2n) is 6.46. The van der Waals surface area contributed by atoms with Crippen molar-refractivity contribution in [2.24, 2.45) is 11.3 Å². The number of benzene rings is 1. The predicted molar refractivity (Wildman–Crippen MR) is 84.7 cm³/mol. The molecule has 1 atom stereocenters. The van der Waals surface area contributed by atoms with Gasteiger partial charge in [0.2, 0.25) is 0 Å². The molecule has 2 aliphatic rings. The molecule has 3 nitrogen and oxygen atoms in total. The minimum Gasteiger partial charge on any atom is -0.385 e. The summed E-state index contributed by atoms with van der Waals surface area (Å²) < 4.78 is 0. The Morgan fingerprint density at radius 1 is 1.45 bits per heavy atom. The lowest BCUT2D eigenvalue weighted by atomic mass is 9.97. The molecule has 2 N–H and O–H groups in total. The Morgan fingerprint density at radius 3 is 2.90 bits per heavy atom. The normalized spacial score (nSPS) is 22.0. The van der Waals surface area contributed by atoms with Crippen molar-refractivity contribution in [1.29, 1.82) is 0 Å². The van der Waals surface area contributed by atoms with Crippen LogP contribution < -0.4 is 10.6 Å². The maximum atomic E-state index is 12.3. The number of hydrogen-bond acceptors (Lipinski definition) is 2. The Hall–Kier alpha value is -1.22. The van der Waals surface area contributed by atoms with Gasteiger partial charge in [-0.3, -0.25) is 4.79 Å². The Bertz CT molecular complexity index is 513. The van der Waals surface area contributed by atoms with Crippen LogP contribution in [0.5, 0.6) is 0 Å². The standard InChI is InChI=1S/C16H22N2O.ClH/c1-16(2)9-11(16)10-18-15(19)13-5-3-7-14-12(13)6-4-8-17-14;/h3,5,7,11,17H,4,6,8-10H2,1-2H3,(H,18,19);1H. The molecule has 3 rings (SSSR count). The molecule has 1 aromatic carbocycles. The fourth-order valence-electron chi connectivity index (χ4n) is 2.96. The topological polar surface area (TPSA) is 41.1 Å². The van der Waals surface area contributed by atoms with Crippen LogP contribution in [0, 0.1) is 11.3 Å². The molecule has 1 amide bonds. The highest BCUT2D eigenvalue weighted by Gasteiger charge is 2.45. The van der Waals surface area contributed by atoms with Crippen molar-refractivity contribution < 1.29 is 4.79 Å². The first-order valence-electron chi connectivity index (χ1n) is 7.22. The minimum absolute atomic E-state index is 0. The van der Waals surface area contributed by atoms with Gasteiger partial charge in [-0.25, -0.2) is 0 Å². The highest BCUT2D eigenvalue weighted by atomic mass is 35.5. The number of hydrogen-bond donors (Lipinski definition) is 2. The summed E-state index contributed by atoms with van der Waals surface area (Å²) in [6, 6.07) is 5.97. The van der Waals surface area contributed by atoms with Gasteiger partial charge in [-0.1, -0.05) is 19.9 Å². The van der Waals surface area contributed by atoms with E-state index in [2.05, 4.69) is 30.5 Å².